The molecule has 20 heavy (non-hydrogen) atoms. The smallest absolute Gasteiger partial charge is 0.323 e. The summed E-state index contributed by atoms with van der Waals surface area (Å²) in [6.07, 6.45) is 3.12. The molecule has 1 N–H and O–H groups in total. The molecule has 0 spiro atoms. The highest BCUT2D eigenvalue weighted by Gasteiger charge is 2.29. The van der Waals surface area contributed by atoms with Crippen molar-refractivity contribution in [3.05, 3.63) is 22.4 Å². The molecule has 1 aromatic heterocycles. The fraction of sp³-hybridized carbons (Fsp3) is 0.538. The Labute approximate surface area is 125 Å². The quantitative estimate of drug-likeness (QED) is 0.898. The number of halogens is 1. The van der Waals surface area contributed by atoms with Crippen molar-refractivity contribution in [1.29, 1.82) is 0 Å². The molecule has 1 amide bonds. The third-order valence-corrected chi connectivity index (χ3v) is 3.82. The molecule has 1 fully saturated rings. The molecular formula is C13H17BrN2O4. The van der Waals surface area contributed by atoms with Crippen LogP contribution in [-0.2, 0) is 16.6 Å². The fourth-order valence-corrected chi connectivity index (χ4v) is 2.92. The van der Waals surface area contributed by atoms with Crippen molar-refractivity contribution in [3.8, 4) is 0 Å². The zero-order valence-corrected chi connectivity index (χ0v) is 12.8. The number of carbonyl (C=O) groups is 2. The van der Waals surface area contributed by atoms with Gasteiger partial charge in [0.25, 0.3) is 5.91 Å². The third-order valence-electron chi connectivity index (χ3n) is 3.39. The van der Waals surface area contributed by atoms with Gasteiger partial charge in [-0.25, -0.2) is 0 Å². The Kier molecular flexibility index (Phi) is 4.82. The van der Waals surface area contributed by atoms with Gasteiger partial charge >= 0.3 is 5.97 Å². The van der Waals surface area contributed by atoms with E-state index in [1.54, 1.807) is 23.9 Å². The standard InChI is InChI=1S/C13H17BrN2O4/c1-15-7-9(14)6-11(15)13(19)16(8-12(17)18)10-2-4-20-5-3-10/h6-7,10H,2-5,8H2,1H3,(H,17,18). The number of ether oxygens (including phenoxy) is 1. The molecule has 0 radical (unpaired) electrons. The molecule has 0 saturated carbocycles. The topological polar surface area (TPSA) is 71.8 Å². The molecule has 2 rings (SSSR count). The highest BCUT2D eigenvalue weighted by atomic mass is 79.9. The second-order valence-corrected chi connectivity index (χ2v) is 5.74. The van der Waals surface area contributed by atoms with Crippen molar-refractivity contribution >= 4 is 27.8 Å². The van der Waals surface area contributed by atoms with Gasteiger partial charge in [0.15, 0.2) is 0 Å². The van der Waals surface area contributed by atoms with Gasteiger partial charge in [0, 0.05) is 37.0 Å². The Balaban J connectivity index is 2.23. The number of amides is 1. The van der Waals surface area contributed by atoms with E-state index in [-0.39, 0.29) is 18.5 Å². The van der Waals surface area contributed by atoms with Crippen LogP contribution in [0.4, 0.5) is 0 Å². The summed E-state index contributed by atoms with van der Waals surface area (Å²) in [6.45, 7) is 0.835. The third kappa shape index (κ3) is 3.40. The number of hydrogen-bond donors (Lipinski definition) is 1. The highest BCUT2D eigenvalue weighted by molar-refractivity contribution is 9.10. The van der Waals surface area contributed by atoms with Gasteiger partial charge < -0.3 is 19.3 Å². The van der Waals surface area contributed by atoms with E-state index in [4.69, 9.17) is 9.84 Å². The second-order valence-electron chi connectivity index (χ2n) is 4.82. The summed E-state index contributed by atoms with van der Waals surface area (Å²) in [6, 6.07) is 1.62. The maximum absolute atomic E-state index is 12.6. The van der Waals surface area contributed by atoms with Crippen LogP contribution < -0.4 is 0 Å². The molecule has 0 atom stereocenters. The summed E-state index contributed by atoms with van der Waals surface area (Å²) >= 11 is 3.32. The largest absolute Gasteiger partial charge is 0.480 e. The van der Waals surface area contributed by atoms with Crippen molar-refractivity contribution in [2.45, 2.75) is 18.9 Å². The van der Waals surface area contributed by atoms with E-state index in [2.05, 4.69) is 15.9 Å². The highest BCUT2D eigenvalue weighted by Crippen LogP contribution is 2.20. The molecule has 7 heteroatoms. The van der Waals surface area contributed by atoms with E-state index in [0.29, 0.717) is 31.7 Å². The number of nitrogens with zero attached hydrogens (tertiary/aromatic N) is 2. The van der Waals surface area contributed by atoms with E-state index in [0.717, 1.165) is 4.47 Å². The van der Waals surface area contributed by atoms with Crippen LogP contribution >= 0.6 is 15.9 Å². The van der Waals surface area contributed by atoms with E-state index in [1.165, 1.54) is 4.90 Å². The zero-order valence-electron chi connectivity index (χ0n) is 11.2. The molecular weight excluding hydrogens is 328 g/mol. The van der Waals surface area contributed by atoms with Gasteiger partial charge in [-0.15, -0.1) is 0 Å². The van der Waals surface area contributed by atoms with Crippen LogP contribution in [0.1, 0.15) is 23.3 Å². The first-order chi connectivity index (χ1) is 9.49. The molecule has 1 aromatic rings. The second kappa shape index (κ2) is 6.41. The molecule has 0 unspecified atom stereocenters. The lowest BCUT2D eigenvalue weighted by molar-refractivity contribution is -0.138. The summed E-state index contributed by atoms with van der Waals surface area (Å²) in [5.74, 6) is -1.26. The Morgan fingerprint density at radius 3 is 2.65 bits per heavy atom. The van der Waals surface area contributed by atoms with Crippen molar-refractivity contribution in [2.24, 2.45) is 7.05 Å². The van der Waals surface area contributed by atoms with Crippen molar-refractivity contribution in [1.82, 2.24) is 9.47 Å². The summed E-state index contributed by atoms with van der Waals surface area (Å²) in [4.78, 5) is 25.1. The lowest BCUT2D eigenvalue weighted by atomic mass is 10.1. The van der Waals surface area contributed by atoms with Crippen LogP contribution in [0.5, 0.6) is 0 Å². The first-order valence-corrected chi connectivity index (χ1v) is 7.20. The number of carboxylic acids is 1. The normalized spacial score (nSPS) is 16.1. The summed E-state index contributed by atoms with van der Waals surface area (Å²) in [5, 5.41) is 9.04. The average Bonchev–Trinajstić information content (AvgIpc) is 2.75. The molecule has 1 aliphatic rings. The van der Waals surface area contributed by atoms with E-state index in [1.807, 2.05) is 0 Å². The fourth-order valence-electron chi connectivity index (χ4n) is 2.39. The van der Waals surface area contributed by atoms with Crippen LogP contribution in [0.3, 0.4) is 0 Å². The van der Waals surface area contributed by atoms with Gasteiger partial charge in [-0.3, -0.25) is 9.59 Å². The van der Waals surface area contributed by atoms with Crippen LogP contribution in [0.15, 0.2) is 16.7 Å². The lowest BCUT2D eigenvalue weighted by Gasteiger charge is -2.33. The Morgan fingerprint density at radius 2 is 2.15 bits per heavy atom. The van der Waals surface area contributed by atoms with Crippen molar-refractivity contribution in [3.63, 3.8) is 0 Å². The minimum atomic E-state index is -1.00. The van der Waals surface area contributed by atoms with E-state index >= 15 is 0 Å². The van der Waals surface area contributed by atoms with Crippen LogP contribution in [-0.4, -0.2) is 52.3 Å². The average molecular weight is 345 g/mol. The molecule has 110 valence electrons. The molecule has 0 aliphatic carbocycles. The van der Waals surface area contributed by atoms with Crippen LogP contribution in [0.2, 0.25) is 0 Å². The van der Waals surface area contributed by atoms with Crippen molar-refractivity contribution in [2.75, 3.05) is 19.8 Å². The van der Waals surface area contributed by atoms with Gasteiger partial charge in [0.2, 0.25) is 0 Å². The van der Waals surface area contributed by atoms with Gasteiger partial charge in [0.1, 0.15) is 12.2 Å². The molecule has 0 bridgehead atoms. The van der Waals surface area contributed by atoms with Crippen LogP contribution in [0.25, 0.3) is 0 Å². The summed E-state index contributed by atoms with van der Waals surface area (Å²) < 4.78 is 7.76. The minimum Gasteiger partial charge on any atom is -0.480 e. The SMILES string of the molecule is Cn1cc(Br)cc1C(=O)N(CC(=O)O)C1CCOCC1. The molecule has 0 aromatic carbocycles. The van der Waals surface area contributed by atoms with Gasteiger partial charge in [-0.2, -0.15) is 0 Å². The predicted molar refractivity (Wildman–Crippen MR) is 75.6 cm³/mol. The number of carboxylic acid groups (broad SMARTS) is 1. The number of rotatable bonds is 4. The number of carbonyl (C=O) groups excluding carboxylic acids is 1. The van der Waals surface area contributed by atoms with Gasteiger partial charge in [0.05, 0.1) is 0 Å². The van der Waals surface area contributed by atoms with E-state index in [9.17, 15) is 9.59 Å². The van der Waals surface area contributed by atoms with Crippen molar-refractivity contribution < 1.29 is 19.4 Å². The monoisotopic (exact) mass is 344 g/mol. The maximum Gasteiger partial charge on any atom is 0.323 e. The zero-order chi connectivity index (χ0) is 14.7. The van der Waals surface area contributed by atoms with Gasteiger partial charge in [-0.05, 0) is 34.8 Å². The minimum absolute atomic E-state index is 0.0824. The first-order valence-electron chi connectivity index (χ1n) is 6.41. The predicted octanol–water partition coefficient (Wildman–Crippen LogP) is 1.49. The number of aryl methyl sites for hydroxylation is 1. The number of aromatic nitrogens is 1. The van der Waals surface area contributed by atoms with E-state index < -0.39 is 5.97 Å². The van der Waals surface area contributed by atoms with Crippen LogP contribution in [0, 0.1) is 0 Å². The maximum atomic E-state index is 12.6. The Morgan fingerprint density at radius 1 is 1.50 bits per heavy atom. The lowest BCUT2D eigenvalue weighted by Crippen LogP contribution is -2.46. The molecule has 1 aliphatic heterocycles. The number of hydrogen-bond acceptors (Lipinski definition) is 3. The van der Waals surface area contributed by atoms with Gasteiger partial charge in [-0.1, -0.05) is 0 Å². The molecule has 1 saturated heterocycles. The molecule has 6 nitrogen and oxygen atoms in total. The molecule has 2 heterocycles. The Bertz CT molecular complexity index is 508. The summed E-state index contributed by atoms with van der Waals surface area (Å²) in [5.41, 5.74) is 0.476. The Hall–Kier alpha value is -1.34. The summed E-state index contributed by atoms with van der Waals surface area (Å²) in [7, 11) is 1.76. The first kappa shape index (κ1) is 15.1. The number of aliphatic carboxylic acids is 1.